The molecule has 12 heavy (non-hydrogen) atoms. The van der Waals surface area contributed by atoms with E-state index in [2.05, 4.69) is 0 Å². The number of hydrogen-bond acceptors (Lipinski definition) is 4. The number of ether oxygens (including phenoxy) is 2. The molecule has 0 aromatic rings. The van der Waals surface area contributed by atoms with E-state index in [-0.39, 0.29) is 11.7 Å². The van der Waals surface area contributed by atoms with Crippen LogP contribution in [0.1, 0.15) is 13.8 Å². The van der Waals surface area contributed by atoms with Gasteiger partial charge in [-0.3, -0.25) is 0 Å². The lowest BCUT2D eigenvalue weighted by Crippen LogP contribution is -2.38. The Labute approximate surface area is 70.8 Å². The Hall–Kier alpha value is -1.03. The molecule has 0 unspecified atom stereocenters. The average molecular weight is 172 g/mol. The van der Waals surface area contributed by atoms with E-state index in [0.717, 1.165) is 6.08 Å². The van der Waals surface area contributed by atoms with Crippen LogP contribution in [0.3, 0.4) is 0 Å². The molecular weight excluding hydrogens is 160 g/mol. The molecule has 1 aliphatic rings. The molecule has 0 amide bonds. The third-order valence-corrected chi connectivity index (χ3v) is 1.86. The van der Waals surface area contributed by atoms with Crippen molar-refractivity contribution < 1.29 is 19.4 Å². The second kappa shape index (κ2) is 2.79. The highest BCUT2D eigenvalue weighted by Crippen LogP contribution is 2.32. The molecular formula is C8H12O4. The van der Waals surface area contributed by atoms with Crippen molar-refractivity contribution in [3.8, 4) is 0 Å². The Bertz CT molecular complexity index is 231. The Morgan fingerprint density at radius 3 is 2.58 bits per heavy atom. The number of hydrogen-bond donors (Lipinski definition) is 1. The molecule has 0 saturated carbocycles. The number of aliphatic hydroxyl groups is 1. The van der Waals surface area contributed by atoms with E-state index in [1.54, 1.807) is 13.8 Å². The van der Waals surface area contributed by atoms with E-state index < -0.39 is 11.8 Å². The number of cyclic esters (lactones) is 1. The molecule has 0 radical (unpaired) electrons. The molecule has 0 aromatic heterocycles. The third kappa shape index (κ3) is 1.18. The van der Waals surface area contributed by atoms with Gasteiger partial charge in [0.2, 0.25) is 0 Å². The lowest BCUT2D eigenvalue weighted by atomic mass is 10.0. The predicted molar refractivity (Wildman–Crippen MR) is 41.0 cm³/mol. The molecule has 1 aliphatic heterocycles. The Morgan fingerprint density at radius 2 is 2.25 bits per heavy atom. The van der Waals surface area contributed by atoms with Crippen molar-refractivity contribution in [1.82, 2.24) is 0 Å². The second-order valence-electron chi connectivity index (χ2n) is 2.98. The summed E-state index contributed by atoms with van der Waals surface area (Å²) in [6.45, 7) is 3.48. The zero-order valence-electron chi connectivity index (χ0n) is 7.33. The molecule has 68 valence electrons. The van der Waals surface area contributed by atoms with Crippen LogP contribution < -0.4 is 0 Å². The summed E-state index contributed by atoms with van der Waals surface area (Å²) in [5.41, 5.74) is 0. The smallest absolute Gasteiger partial charge is 0.337 e. The van der Waals surface area contributed by atoms with Gasteiger partial charge in [-0.2, -0.15) is 0 Å². The van der Waals surface area contributed by atoms with Crippen molar-refractivity contribution in [3.05, 3.63) is 11.8 Å². The molecule has 1 atom stereocenters. The minimum absolute atomic E-state index is 0.169. The first-order chi connectivity index (χ1) is 5.50. The summed E-state index contributed by atoms with van der Waals surface area (Å²) in [7, 11) is 1.39. The van der Waals surface area contributed by atoms with Gasteiger partial charge in [0.05, 0.1) is 13.2 Å². The number of methoxy groups -OCH3 is 1. The molecule has 1 rings (SSSR count). The van der Waals surface area contributed by atoms with Gasteiger partial charge < -0.3 is 14.6 Å². The maximum Gasteiger partial charge on any atom is 0.337 e. The summed E-state index contributed by atoms with van der Waals surface area (Å²) >= 11 is 0. The SMILES string of the molecule is COC1=CC(=O)O[C@]1(O)C(C)C. The van der Waals surface area contributed by atoms with Crippen molar-refractivity contribution in [3.63, 3.8) is 0 Å². The van der Waals surface area contributed by atoms with Gasteiger partial charge in [-0.05, 0) is 0 Å². The van der Waals surface area contributed by atoms with E-state index in [1.165, 1.54) is 7.11 Å². The number of carbonyl (C=O) groups is 1. The normalized spacial score (nSPS) is 28.8. The molecule has 0 aliphatic carbocycles. The maximum atomic E-state index is 10.8. The Kier molecular flexibility index (Phi) is 2.10. The highest BCUT2D eigenvalue weighted by atomic mass is 16.7. The van der Waals surface area contributed by atoms with Crippen LogP contribution in [0.15, 0.2) is 11.8 Å². The van der Waals surface area contributed by atoms with Gasteiger partial charge in [-0.1, -0.05) is 13.8 Å². The summed E-state index contributed by atoms with van der Waals surface area (Å²) < 4.78 is 9.54. The van der Waals surface area contributed by atoms with Crippen molar-refractivity contribution in [2.75, 3.05) is 7.11 Å². The highest BCUT2D eigenvalue weighted by molar-refractivity contribution is 5.85. The van der Waals surface area contributed by atoms with E-state index in [4.69, 9.17) is 9.47 Å². The first kappa shape index (κ1) is 9.06. The number of esters is 1. The number of rotatable bonds is 2. The van der Waals surface area contributed by atoms with Crippen molar-refractivity contribution in [2.24, 2.45) is 5.92 Å². The summed E-state index contributed by atoms with van der Waals surface area (Å²) in [6, 6.07) is 0. The fourth-order valence-electron chi connectivity index (χ4n) is 1.05. The monoisotopic (exact) mass is 172 g/mol. The minimum Gasteiger partial charge on any atom is -0.494 e. The largest absolute Gasteiger partial charge is 0.494 e. The lowest BCUT2D eigenvalue weighted by molar-refractivity contribution is -0.207. The van der Waals surface area contributed by atoms with Gasteiger partial charge in [0.25, 0.3) is 5.79 Å². The Morgan fingerprint density at radius 1 is 1.67 bits per heavy atom. The summed E-state index contributed by atoms with van der Waals surface area (Å²) in [6.07, 6.45) is 1.15. The van der Waals surface area contributed by atoms with Crippen LogP contribution in [0.25, 0.3) is 0 Å². The van der Waals surface area contributed by atoms with Gasteiger partial charge in [0, 0.05) is 5.92 Å². The topological polar surface area (TPSA) is 55.8 Å². The predicted octanol–water partition coefficient (Wildman–Crippen LogP) is 0.418. The van der Waals surface area contributed by atoms with Crippen LogP contribution in [-0.4, -0.2) is 24.0 Å². The second-order valence-corrected chi connectivity index (χ2v) is 2.98. The fraction of sp³-hybridized carbons (Fsp3) is 0.625. The third-order valence-electron chi connectivity index (χ3n) is 1.86. The van der Waals surface area contributed by atoms with Crippen LogP contribution in [0.5, 0.6) is 0 Å². The molecule has 0 spiro atoms. The standard InChI is InChI=1S/C8H12O4/c1-5(2)8(10)6(11-3)4-7(9)12-8/h4-5,10H,1-3H3/t8-/m1/s1. The molecule has 1 N–H and O–H groups in total. The number of carbonyl (C=O) groups excluding carboxylic acids is 1. The summed E-state index contributed by atoms with van der Waals surface area (Å²) in [5.74, 6) is -2.20. The zero-order valence-corrected chi connectivity index (χ0v) is 7.33. The van der Waals surface area contributed by atoms with Crippen LogP contribution in [0.2, 0.25) is 0 Å². The van der Waals surface area contributed by atoms with E-state index >= 15 is 0 Å². The molecule has 0 bridgehead atoms. The fourth-order valence-corrected chi connectivity index (χ4v) is 1.05. The first-order valence-corrected chi connectivity index (χ1v) is 3.72. The maximum absolute atomic E-state index is 10.8. The average Bonchev–Trinajstić information content (AvgIpc) is 2.27. The van der Waals surface area contributed by atoms with Crippen LogP contribution >= 0.6 is 0 Å². The van der Waals surface area contributed by atoms with Gasteiger partial charge >= 0.3 is 5.97 Å². The van der Waals surface area contributed by atoms with Gasteiger partial charge in [0.15, 0.2) is 5.76 Å². The molecule has 0 saturated heterocycles. The molecule has 0 fully saturated rings. The lowest BCUT2D eigenvalue weighted by Gasteiger charge is -2.27. The first-order valence-electron chi connectivity index (χ1n) is 3.72. The van der Waals surface area contributed by atoms with Crippen LogP contribution in [-0.2, 0) is 14.3 Å². The van der Waals surface area contributed by atoms with Gasteiger partial charge in [0.1, 0.15) is 0 Å². The van der Waals surface area contributed by atoms with E-state index in [0.29, 0.717) is 0 Å². The summed E-state index contributed by atoms with van der Waals surface area (Å²) in [4.78, 5) is 10.8. The van der Waals surface area contributed by atoms with Gasteiger partial charge in [-0.15, -0.1) is 0 Å². The Balaban J connectivity index is 2.94. The molecule has 4 nitrogen and oxygen atoms in total. The summed E-state index contributed by atoms with van der Waals surface area (Å²) in [5, 5.41) is 9.76. The molecule has 1 heterocycles. The molecule has 4 heteroatoms. The van der Waals surface area contributed by atoms with Crippen LogP contribution in [0, 0.1) is 5.92 Å². The molecule has 0 aromatic carbocycles. The van der Waals surface area contributed by atoms with Gasteiger partial charge in [-0.25, -0.2) is 4.79 Å². The van der Waals surface area contributed by atoms with Crippen molar-refractivity contribution >= 4 is 5.97 Å². The minimum atomic E-state index is -1.58. The van der Waals surface area contributed by atoms with Crippen LogP contribution in [0.4, 0.5) is 0 Å². The van der Waals surface area contributed by atoms with E-state index in [9.17, 15) is 9.90 Å². The van der Waals surface area contributed by atoms with Crippen molar-refractivity contribution in [1.29, 1.82) is 0 Å². The zero-order chi connectivity index (χ0) is 9.35. The quantitative estimate of drug-likeness (QED) is 0.613. The van der Waals surface area contributed by atoms with Crippen molar-refractivity contribution in [2.45, 2.75) is 19.6 Å². The van der Waals surface area contributed by atoms with E-state index in [1.807, 2.05) is 0 Å². The highest BCUT2D eigenvalue weighted by Gasteiger charge is 2.45.